The lowest BCUT2D eigenvalue weighted by atomic mass is 10.2. The number of pyridine rings is 1. The number of nitro groups is 1. The summed E-state index contributed by atoms with van der Waals surface area (Å²) in [5.74, 6) is 0.414. The highest BCUT2D eigenvalue weighted by Gasteiger charge is 2.32. The number of rotatable bonds is 4. The number of likely N-dealkylation sites (N-methyl/N-ethyl adjacent to an activating group) is 1. The maximum Gasteiger partial charge on any atom is 0.269 e. The Morgan fingerprint density at radius 1 is 1.27 bits per heavy atom. The van der Waals surface area contributed by atoms with Gasteiger partial charge >= 0.3 is 0 Å². The molecule has 8 heteroatoms. The minimum absolute atomic E-state index is 0.0144. The van der Waals surface area contributed by atoms with Gasteiger partial charge in [-0.3, -0.25) is 19.8 Å². The molecule has 0 unspecified atom stereocenters. The van der Waals surface area contributed by atoms with Crippen molar-refractivity contribution in [2.45, 2.75) is 13.8 Å². The molecule has 2 aromatic rings. The van der Waals surface area contributed by atoms with Crippen molar-refractivity contribution in [3.05, 3.63) is 68.7 Å². The minimum Gasteiger partial charge on any atom is -0.287 e. The lowest BCUT2D eigenvalue weighted by molar-refractivity contribution is -0.384. The first-order valence-corrected chi connectivity index (χ1v) is 8.78. The number of aromatic nitrogens is 1. The van der Waals surface area contributed by atoms with Crippen molar-refractivity contribution in [1.82, 2.24) is 9.88 Å². The smallest absolute Gasteiger partial charge is 0.269 e. The molecule has 0 bridgehead atoms. The first kappa shape index (κ1) is 17.8. The van der Waals surface area contributed by atoms with Gasteiger partial charge in [-0.05, 0) is 61.5 Å². The predicted octanol–water partition coefficient (Wildman–Crippen LogP) is 3.92. The Morgan fingerprint density at radius 3 is 2.62 bits per heavy atom. The second-order valence-electron chi connectivity index (χ2n) is 5.54. The van der Waals surface area contributed by atoms with Crippen LogP contribution in [0.25, 0.3) is 6.08 Å². The summed E-state index contributed by atoms with van der Waals surface area (Å²) in [5.41, 5.74) is 1.59. The summed E-state index contributed by atoms with van der Waals surface area (Å²) in [6, 6.07) is 11.6. The van der Waals surface area contributed by atoms with Crippen LogP contribution >= 0.6 is 11.8 Å². The normalized spacial score (nSPS) is 17.3. The van der Waals surface area contributed by atoms with E-state index < -0.39 is 4.92 Å². The fourth-order valence-electron chi connectivity index (χ4n) is 2.40. The molecule has 3 rings (SSSR count). The number of hydrogen-bond acceptors (Lipinski definition) is 6. The van der Waals surface area contributed by atoms with Crippen LogP contribution in [-0.2, 0) is 4.79 Å². The number of aryl methyl sites for hydroxylation is 1. The van der Waals surface area contributed by atoms with E-state index in [1.807, 2.05) is 26.0 Å². The van der Waals surface area contributed by atoms with Gasteiger partial charge in [0.1, 0.15) is 0 Å². The van der Waals surface area contributed by atoms with Gasteiger partial charge in [0.15, 0.2) is 11.0 Å². The van der Waals surface area contributed by atoms with E-state index in [0.29, 0.717) is 22.4 Å². The van der Waals surface area contributed by atoms with E-state index in [1.165, 1.54) is 23.9 Å². The van der Waals surface area contributed by atoms with Crippen LogP contribution < -0.4 is 0 Å². The van der Waals surface area contributed by atoms with Crippen LogP contribution in [0.15, 0.2) is 52.4 Å². The Hall–Kier alpha value is -3.00. The number of amidine groups is 1. The summed E-state index contributed by atoms with van der Waals surface area (Å²) < 4.78 is 0. The second-order valence-corrected chi connectivity index (χ2v) is 6.55. The molecule has 7 nitrogen and oxygen atoms in total. The number of amides is 1. The third-order valence-corrected chi connectivity index (χ3v) is 4.70. The third-order valence-electron chi connectivity index (χ3n) is 3.69. The lowest BCUT2D eigenvalue weighted by Gasteiger charge is -2.11. The quantitative estimate of drug-likeness (QED) is 0.463. The standard InChI is InChI=1S/C18H16N4O3S/c1-3-21-17(23)15(11-13-7-9-14(10-8-13)22(24)25)26-18(21)20-16-6-4-5-12(2)19-16/h4-11H,3H2,1-2H3/b15-11-,20-18+. The first-order chi connectivity index (χ1) is 12.5. The zero-order valence-corrected chi connectivity index (χ0v) is 15.1. The van der Waals surface area contributed by atoms with Crippen molar-refractivity contribution in [3.8, 4) is 0 Å². The van der Waals surface area contributed by atoms with Crippen LogP contribution in [0.3, 0.4) is 0 Å². The molecule has 0 spiro atoms. The van der Waals surface area contributed by atoms with Crippen molar-refractivity contribution in [2.24, 2.45) is 4.99 Å². The summed E-state index contributed by atoms with van der Waals surface area (Å²) >= 11 is 1.27. The molecule has 0 saturated carbocycles. The van der Waals surface area contributed by atoms with Gasteiger partial charge in [0.2, 0.25) is 0 Å². The third kappa shape index (κ3) is 3.80. The maximum absolute atomic E-state index is 12.6. The van der Waals surface area contributed by atoms with Gasteiger partial charge in [0.05, 0.1) is 9.83 Å². The number of nitrogens with zero attached hydrogens (tertiary/aromatic N) is 4. The molecule has 26 heavy (non-hydrogen) atoms. The van der Waals surface area contributed by atoms with Crippen molar-refractivity contribution < 1.29 is 9.72 Å². The summed E-state index contributed by atoms with van der Waals surface area (Å²) in [6.07, 6.45) is 1.71. The maximum atomic E-state index is 12.6. The monoisotopic (exact) mass is 368 g/mol. The van der Waals surface area contributed by atoms with Gasteiger partial charge in [-0.25, -0.2) is 9.98 Å². The number of nitro benzene ring substituents is 1. The predicted molar refractivity (Wildman–Crippen MR) is 102 cm³/mol. The molecule has 1 saturated heterocycles. The van der Waals surface area contributed by atoms with E-state index in [2.05, 4.69) is 9.98 Å². The Morgan fingerprint density at radius 2 is 2.00 bits per heavy atom. The SMILES string of the molecule is CCN1C(=O)/C(=C/c2ccc([N+](=O)[O-])cc2)S/C1=N/c1cccc(C)n1. The number of carbonyl (C=O) groups is 1. The van der Waals surface area contributed by atoms with Crippen LogP contribution in [0.1, 0.15) is 18.2 Å². The zero-order valence-electron chi connectivity index (χ0n) is 14.2. The topological polar surface area (TPSA) is 88.7 Å². The van der Waals surface area contributed by atoms with Gasteiger partial charge in [-0.15, -0.1) is 0 Å². The zero-order chi connectivity index (χ0) is 18.7. The molecule has 1 aromatic carbocycles. The van der Waals surface area contributed by atoms with E-state index in [1.54, 1.807) is 29.2 Å². The van der Waals surface area contributed by atoms with E-state index >= 15 is 0 Å². The van der Waals surface area contributed by atoms with Gasteiger partial charge in [0, 0.05) is 24.4 Å². The number of aliphatic imine (C=N–C) groups is 1. The average molecular weight is 368 g/mol. The van der Waals surface area contributed by atoms with Crippen LogP contribution in [0, 0.1) is 17.0 Å². The Labute approximate surface area is 154 Å². The molecule has 1 aliphatic heterocycles. The fourth-order valence-corrected chi connectivity index (χ4v) is 3.45. The number of non-ortho nitro benzene ring substituents is 1. The first-order valence-electron chi connectivity index (χ1n) is 7.96. The molecular formula is C18H16N4O3S. The minimum atomic E-state index is -0.454. The van der Waals surface area contributed by atoms with Gasteiger partial charge in [-0.2, -0.15) is 0 Å². The molecule has 2 heterocycles. The summed E-state index contributed by atoms with van der Waals surface area (Å²) in [6.45, 7) is 4.26. The molecule has 0 atom stereocenters. The highest BCUT2D eigenvalue weighted by molar-refractivity contribution is 8.18. The molecule has 0 aliphatic carbocycles. The van der Waals surface area contributed by atoms with E-state index in [4.69, 9.17) is 0 Å². The molecule has 132 valence electrons. The Bertz CT molecular complexity index is 922. The fraction of sp³-hybridized carbons (Fsp3) is 0.167. The highest BCUT2D eigenvalue weighted by atomic mass is 32.2. The number of benzene rings is 1. The van der Waals surface area contributed by atoms with Crippen LogP contribution in [0.5, 0.6) is 0 Å². The Kier molecular flexibility index (Phi) is 5.13. The van der Waals surface area contributed by atoms with E-state index in [9.17, 15) is 14.9 Å². The molecule has 1 aliphatic rings. The van der Waals surface area contributed by atoms with Gasteiger partial charge in [0.25, 0.3) is 11.6 Å². The number of carbonyl (C=O) groups excluding carboxylic acids is 1. The van der Waals surface area contributed by atoms with Crippen LogP contribution in [-0.4, -0.2) is 32.4 Å². The molecule has 1 aromatic heterocycles. The summed E-state index contributed by atoms with van der Waals surface area (Å²) in [5, 5.41) is 11.3. The van der Waals surface area contributed by atoms with Crippen LogP contribution in [0.2, 0.25) is 0 Å². The summed E-state index contributed by atoms with van der Waals surface area (Å²) in [4.78, 5) is 33.8. The van der Waals surface area contributed by atoms with Crippen molar-refractivity contribution >= 4 is 40.4 Å². The van der Waals surface area contributed by atoms with Crippen LogP contribution in [0.4, 0.5) is 11.5 Å². The molecule has 1 amide bonds. The number of thioether (sulfide) groups is 1. The summed E-state index contributed by atoms with van der Waals surface area (Å²) in [7, 11) is 0. The lowest BCUT2D eigenvalue weighted by Crippen LogP contribution is -2.28. The number of hydrogen-bond donors (Lipinski definition) is 0. The molecule has 1 fully saturated rings. The van der Waals surface area contributed by atoms with Gasteiger partial charge in [-0.1, -0.05) is 6.07 Å². The Balaban J connectivity index is 1.90. The second kappa shape index (κ2) is 7.49. The van der Waals surface area contributed by atoms with Crippen molar-refractivity contribution in [2.75, 3.05) is 6.54 Å². The molecular weight excluding hydrogens is 352 g/mol. The van der Waals surface area contributed by atoms with Crippen molar-refractivity contribution in [3.63, 3.8) is 0 Å². The highest BCUT2D eigenvalue weighted by Crippen LogP contribution is 2.33. The average Bonchev–Trinajstić information content (AvgIpc) is 2.90. The molecule has 0 N–H and O–H groups in total. The van der Waals surface area contributed by atoms with E-state index in [0.717, 1.165) is 11.3 Å². The molecule has 0 radical (unpaired) electrons. The van der Waals surface area contributed by atoms with Crippen molar-refractivity contribution in [1.29, 1.82) is 0 Å². The largest absolute Gasteiger partial charge is 0.287 e. The van der Waals surface area contributed by atoms with E-state index in [-0.39, 0.29) is 11.6 Å². The van der Waals surface area contributed by atoms with Gasteiger partial charge < -0.3 is 0 Å².